The third kappa shape index (κ3) is 5.22. The molecule has 18 heavy (non-hydrogen) atoms. The number of piperidine rings is 1. The minimum Gasteiger partial charge on any atom is -0.317 e. The monoisotopic (exact) mass is 277 g/mol. The van der Waals surface area contributed by atoms with E-state index in [2.05, 4.69) is 10.0 Å². The Hall–Kier alpha value is -0.170. The van der Waals surface area contributed by atoms with Gasteiger partial charge in [0, 0.05) is 19.6 Å². The van der Waals surface area contributed by atoms with E-state index in [-0.39, 0.29) is 0 Å². The molecule has 1 aliphatic heterocycles. The summed E-state index contributed by atoms with van der Waals surface area (Å²) in [7, 11) is -3.28. The van der Waals surface area contributed by atoms with Crippen molar-refractivity contribution in [3.05, 3.63) is 0 Å². The topological polar surface area (TPSA) is 61.4 Å². The fourth-order valence-corrected chi connectivity index (χ4v) is 3.71. The number of nitrogens with one attached hydrogen (secondary N) is 2. The van der Waals surface area contributed by atoms with Crippen LogP contribution in [0, 0.1) is 5.92 Å². The Morgan fingerprint density at radius 2 is 1.89 bits per heavy atom. The van der Waals surface area contributed by atoms with Gasteiger partial charge in [0.15, 0.2) is 0 Å². The first-order valence-corrected chi connectivity index (χ1v) is 8.49. The van der Waals surface area contributed by atoms with Crippen LogP contribution in [-0.2, 0) is 10.2 Å². The number of hydrogen-bond acceptors (Lipinski definition) is 3. The van der Waals surface area contributed by atoms with E-state index in [1.165, 1.54) is 0 Å². The van der Waals surface area contributed by atoms with Crippen molar-refractivity contribution in [2.45, 2.75) is 39.5 Å². The first-order chi connectivity index (χ1) is 8.60. The molecule has 6 heteroatoms. The summed E-state index contributed by atoms with van der Waals surface area (Å²) >= 11 is 0. The van der Waals surface area contributed by atoms with Gasteiger partial charge in [-0.15, -0.1) is 0 Å². The molecule has 5 nitrogen and oxygen atoms in total. The Bertz CT molecular complexity index is 313. The van der Waals surface area contributed by atoms with Gasteiger partial charge in [-0.3, -0.25) is 0 Å². The highest BCUT2D eigenvalue weighted by molar-refractivity contribution is 7.87. The van der Waals surface area contributed by atoms with E-state index in [1.807, 2.05) is 13.8 Å². The van der Waals surface area contributed by atoms with Crippen LogP contribution in [0.2, 0.25) is 0 Å². The minimum atomic E-state index is -3.28. The second-order valence-corrected chi connectivity index (χ2v) is 6.71. The van der Waals surface area contributed by atoms with Gasteiger partial charge in [-0.2, -0.15) is 12.7 Å². The van der Waals surface area contributed by atoms with Gasteiger partial charge in [0.1, 0.15) is 0 Å². The molecule has 0 saturated carbocycles. The van der Waals surface area contributed by atoms with E-state index in [4.69, 9.17) is 0 Å². The molecule has 1 rings (SSSR count). The predicted molar refractivity (Wildman–Crippen MR) is 74.7 cm³/mol. The summed E-state index contributed by atoms with van der Waals surface area (Å²) in [6.45, 7) is 7.80. The number of hydrogen-bond donors (Lipinski definition) is 2. The zero-order chi connectivity index (χ0) is 13.4. The molecule has 108 valence electrons. The molecule has 0 amide bonds. The molecule has 1 fully saturated rings. The molecule has 0 spiro atoms. The van der Waals surface area contributed by atoms with Crippen LogP contribution in [0.1, 0.15) is 39.5 Å². The third-order valence-corrected chi connectivity index (χ3v) is 4.85. The molecule has 0 bridgehead atoms. The molecule has 0 aromatic rings. The van der Waals surface area contributed by atoms with E-state index >= 15 is 0 Å². The van der Waals surface area contributed by atoms with Crippen LogP contribution in [0.25, 0.3) is 0 Å². The largest absolute Gasteiger partial charge is 0.317 e. The van der Waals surface area contributed by atoms with Crippen LogP contribution < -0.4 is 10.0 Å². The molecule has 0 aliphatic carbocycles. The summed E-state index contributed by atoms with van der Waals surface area (Å²) in [5.74, 6) is 0.496. The summed E-state index contributed by atoms with van der Waals surface area (Å²) in [4.78, 5) is 0. The summed E-state index contributed by atoms with van der Waals surface area (Å²) < 4.78 is 28.6. The highest BCUT2D eigenvalue weighted by atomic mass is 32.2. The molecule has 1 saturated heterocycles. The van der Waals surface area contributed by atoms with E-state index in [0.717, 1.165) is 38.8 Å². The second kappa shape index (κ2) is 8.09. The quantitative estimate of drug-likeness (QED) is 0.694. The van der Waals surface area contributed by atoms with Crippen molar-refractivity contribution in [1.82, 2.24) is 14.3 Å². The van der Waals surface area contributed by atoms with Gasteiger partial charge < -0.3 is 5.32 Å². The zero-order valence-corrected chi connectivity index (χ0v) is 12.4. The van der Waals surface area contributed by atoms with Crippen LogP contribution >= 0.6 is 0 Å². The maximum atomic E-state index is 12.2. The van der Waals surface area contributed by atoms with Gasteiger partial charge in [0.25, 0.3) is 10.2 Å². The molecule has 2 N–H and O–H groups in total. The Labute approximate surface area is 112 Å². The van der Waals surface area contributed by atoms with Gasteiger partial charge in [0.2, 0.25) is 0 Å². The van der Waals surface area contributed by atoms with Crippen LogP contribution in [0.15, 0.2) is 0 Å². The van der Waals surface area contributed by atoms with Crippen LogP contribution in [0.4, 0.5) is 0 Å². The SMILES string of the molecule is CCCNS(=O)(=O)N(CCC)CC1CCNCC1. The van der Waals surface area contributed by atoms with Crippen molar-refractivity contribution in [3.63, 3.8) is 0 Å². The van der Waals surface area contributed by atoms with Gasteiger partial charge >= 0.3 is 0 Å². The van der Waals surface area contributed by atoms with Crippen molar-refractivity contribution in [2.75, 3.05) is 32.7 Å². The van der Waals surface area contributed by atoms with Crippen molar-refractivity contribution in [2.24, 2.45) is 5.92 Å². The molecule has 0 aromatic carbocycles. The fraction of sp³-hybridized carbons (Fsp3) is 1.00. The Morgan fingerprint density at radius 3 is 2.44 bits per heavy atom. The molecule has 0 radical (unpaired) electrons. The Kier molecular flexibility index (Phi) is 7.14. The number of nitrogens with zero attached hydrogens (tertiary/aromatic N) is 1. The summed E-state index contributed by atoms with van der Waals surface area (Å²) in [5, 5.41) is 3.31. The lowest BCUT2D eigenvalue weighted by molar-refractivity contribution is 0.286. The standard InChI is InChI=1S/C12H27N3O2S/c1-3-7-14-18(16,17)15(10-4-2)11-12-5-8-13-9-6-12/h12-14H,3-11H2,1-2H3. The summed E-state index contributed by atoms with van der Waals surface area (Å²) in [6.07, 6.45) is 3.83. The fourth-order valence-electron chi connectivity index (χ4n) is 2.23. The summed E-state index contributed by atoms with van der Waals surface area (Å²) in [5.41, 5.74) is 0. The lowest BCUT2D eigenvalue weighted by atomic mass is 9.98. The highest BCUT2D eigenvalue weighted by Crippen LogP contribution is 2.15. The molecule has 1 aliphatic rings. The molecular formula is C12H27N3O2S. The first-order valence-electron chi connectivity index (χ1n) is 7.05. The lowest BCUT2D eigenvalue weighted by Crippen LogP contribution is -2.45. The van der Waals surface area contributed by atoms with Gasteiger partial charge in [-0.05, 0) is 44.7 Å². The Morgan fingerprint density at radius 1 is 1.22 bits per heavy atom. The smallest absolute Gasteiger partial charge is 0.279 e. The zero-order valence-electron chi connectivity index (χ0n) is 11.6. The van der Waals surface area contributed by atoms with E-state index < -0.39 is 10.2 Å². The molecule has 0 aromatic heterocycles. The van der Waals surface area contributed by atoms with Crippen molar-refractivity contribution < 1.29 is 8.42 Å². The summed E-state index contributed by atoms with van der Waals surface area (Å²) in [6, 6.07) is 0. The van der Waals surface area contributed by atoms with Gasteiger partial charge in [-0.1, -0.05) is 13.8 Å². The normalized spacial score (nSPS) is 18.4. The van der Waals surface area contributed by atoms with E-state index in [9.17, 15) is 8.42 Å². The maximum Gasteiger partial charge on any atom is 0.279 e. The molecule has 0 unspecified atom stereocenters. The van der Waals surface area contributed by atoms with Crippen LogP contribution in [-0.4, -0.2) is 45.4 Å². The van der Waals surface area contributed by atoms with Crippen LogP contribution in [0.3, 0.4) is 0 Å². The average molecular weight is 277 g/mol. The van der Waals surface area contributed by atoms with Crippen molar-refractivity contribution in [3.8, 4) is 0 Å². The lowest BCUT2D eigenvalue weighted by Gasteiger charge is -2.29. The van der Waals surface area contributed by atoms with Crippen molar-refractivity contribution >= 4 is 10.2 Å². The number of rotatable bonds is 8. The minimum absolute atomic E-state index is 0.496. The molecule has 1 heterocycles. The molecule has 0 atom stereocenters. The molecular weight excluding hydrogens is 250 g/mol. The third-order valence-electron chi connectivity index (χ3n) is 3.27. The average Bonchev–Trinajstić information content (AvgIpc) is 2.37. The second-order valence-electron chi connectivity index (χ2n) is 4.95. The van der Waals surface area contributed by atoms with Gasteiger partial charge in [-0.25, -0.2) is 4.72 Å². The Balaban J connectivity index is 2.56. The van der Waals surface area contributed by atoms with Crippen LogP contribution in [0.5, 0.6) is 0 Å². The van der Waals surface area contributed by atoms with E-state index in [0.29, 0.717) is 25.6 Å². The highest BCUT2D eigenvalue weighted by Gasteiger charge is 2.24. The van der Waals surface area contributed by atoms with Gasteiger partial charge in [0.05, 0.1) is 0 Å². The van der Waals surface area contributed by atoms with Crippen molar-refractivity contribution in [1.29, 1.82) is 0 Å². The maximum absolute atomic E-state index is 12.2. The van der Waals surface area contributed by atoms with E-state index in [1.54, 1.807) is 4.31 Å². The first kappa shape index (κ1) is 15.9. The predicted octanol–water partition coefficient (Wildman–Crippen LogP) is 0.942.